The fourth-order valence-corrected chi connectivity index (χ4v) is 2.10. The largest absolute Gasteiger partial charge is 0.482 e. The fraction of sp³-hybridized carbons (Fsp3) is 0.462. The molecule has 1 heterocycles. The van der Waals surface area contributed by atoms with E-state index in [-0.39, 0.29) is 25.1 Å². The van der Waals surface area contributed by atoms with E-state index >= 15 is 0 Å². The second kappa shape index (κ2) is 4.96. The molecule has 5 heteroatoms. The number of aliphatic hydroxyl groups excluding tert-OH is 1. The predicted molar refractivity (Wildman–Crippen MR) is 68.6 cm³/mol. The molecule has 1 aliphatic rings. The highest BCUT2D eigenvalue weighted by molar-refractivity contribution is 5.98. The smallest absolute Gasteiger partial charge is 0.265 e. The maximum Gasteiger partial charge on any atom is 0.265 e. The zero-order chi connectivity index (χ0) is 13.3. The molecule has 18 heavy (non-hydrogen) atoms. The molecule has 1 atom stereocenters. The van der Waals surface area contributed by atoms with Gasteiger partial charge in [0.05, 0.1) is 11.8 Å². The highest BCUT2D eigenvalue weighted by Crippen LogP contribution is 2.35. The zero-order valence-electron chi connectivity index (χ0n) is 10.6. The van der Waals surface area contributed by atoms with Crippen molar-refractivity contribution in [3.63, 3.8) is 0 Å². The Morgan fingerprint density at radius 1 is 1.50 bits per heavy atom. The number of rotatable bonds is 3. The maximum absolute atomic E-state index is 11.9. The summed E-state index contributed by atoms with van der Waals surface area (Å²) in [5, 5.41) is 9.75. The summed E-state index contributed by atoms with van der Waals surface area (Å²) in [6.45, 7) is 4.09. The lowest BCUT2D eigenvalue weighted by molar-refractivity contribution is -0.121. The number of nitrogens with two attached hydrogens (primary N) is 1. The number of aliphatic hydroxyl groups is 1. The number of carbonyl (C=O) groups excluding carboxylic acids is 1. The molecule has 1 aromatic rings. The lowest BCUT2D eigenvalue weighted by Gasteiger charge is -2.33. The first-order valence-corrected chi connectivity index (χ1v) is 6.01. The zero-order valence-corrected chi connectivity index (χ0v) is 10.6. The van der Waals surface area contributed by atoms with Gasteiger partial charge < -0.3 is 20.5 Å². The highest BCUT2D eigenvalue weighted by Gasteiger charge is 2.28. The average Bonchev–Trinajstić information content (AvgIpc) is 2.36. The molecule has 1 amide bonds. The van der Waals surface area contributed by atoms with Crippen LogP contribution in [-0.2, 0) is 4.79 Å². The van der Waals surface area contributed by atoms with Crippen molar-refractivity contribution in [3.8, 4) is 5.75 Å². The van der Waals surface area contributed by atoms with E-state index in [1.54, 1.807) is 23.1 Å². The first kappa shape index (κ1) is 12.9. The molecule has 0 bridgehead atoms. The number of benzene rings is 1. The molecule has 2 rings (SSSR count). The summed E-state index contributed by atoms with van der Waals surface area (Å²) in [4.78, 5) is 13.5. The van der Waals surface area contributed by atoms with Crippen molar-refractivity contribution in [1.82, 2.24) is 0 Å². The molecule has 0 spiro atoms. The SMILES string of the molecule is CC(C)N1C(=O)COc2ccc(C(O)CN)cc21. The van der Waals surface area contributed by atoms with Crippen LogP contribution < -0.4 is 15.4 Å². The Bertz CT molecular complexity index is 460. The van der Waals surface area contributed by atoms with Gasteiger partial charge in [0.2, 0.25) is 0 Å². The van der Waals surface area contributed by atoms with Gasteiger partial charge in [-0.1, -0.05) is 6.07 Å². The minimum absolute atomic E-state index is 0.0467. The Labute approximate surface area is 106 Å². The molecule has 1 unspecified atom stereocenters. The highest BCUT2D eigenvalue weighted by atomic mass is 16.5. The third-order valence-corrected chi connectivity index (χ3v) is 2.99. The topological polar surface area (TPSA) is 75.8 Å². The molecule has 0 saturated carbocycles. The molecule has 1 aromatic carbocycles. The third kappa shape index (κ3) is 2.19. The molecule has 3 N–H and O–H groups in total. The lowest BCUT2D eigenvalue weighted by Crippen LogP contribution is -2.43. The lowest BCUT2D eigenvalue weighted by atomic mass is 10.1. The van der Waals surface area contributed by atoms with Gasteiger partial charge in [0.15, 0.2) is 6.61 Å². The summed E-state index contributed by atoms with van der Waals surface area (Å²) in [7, 11) is 0. The van der Waals surface area contributed by atoms with E-state index in [9.17, 15) is 9.90 Å². The van der Waals surface area contributed by atoms with Crippen molar-refractivity contribution >= 4 is 11.6 Å². The Balaban J connectivity index is 2.45. The van der Waals surface area contributed by atoms with Crippen LogP contribution in [-0.4, -0.2) is 30.2 Å². The van der Waals surface area contributed by atoms with E-state index < -0.39 is 6.10 Å². The summed E-state index contributed by atoms with van der Waals surface area (Å²) in [5.74, 6) is 0.591. The minimum atomic E-state index is -0.721. The number of fused-ring (bicyclic) bond motifs is 1. The van der Waals surface area contributed by atoms with Gasteiger partial charge in [0.25, 0.3) is 5.91 Å². The number of carbonyl (C=O) groups is 1. The quantitative estimate of drug-likeness (QED) is 0.832. The maximum atomic E-state index is 11.9. The van der Waals surface area contributed by atoms with E-state index in [1.165, 1.54) is 0 Å². The Kier molecular flexibility index (Phi) is 3.54. The normalized spacial score (nSPS) is 16.5. The summed E-state index contributed by atoms with van der Waals surface area (Å²) in [5.41, 5.74) is 6.83. The molecule has 0 aromatic heterocycles. The van der Waals surface area contributed by atoms with Crippen LogP contribution in [0.5, 0.6) is 5.75 Å². The van der Waals surface area contributed by atoms with Crippen molar-refractivity contribution < 1.29 is 14.6 Å². The van der Waals surface area contributed by atoms with Crippen LogP contribution in [0.2, 0.25) is 0 Å². The Morgan fingerprint density at radius 3 is 2.83 bits per heavy atom. The standard InChI is InChI=1S/C13H18N2O3/c1-8(2)15-10-5-9(11(16)6-14)3-4-12(10)18-7-13(15)17/h3-5,8,11,16H,6-7,14H2,1-2H3. The van der Waals surface area contributed by atoms with Gasteiger partial charge in [-0.2, -0.15) is 0 Å². The van der Waals surface area contributed by atoms with Gasteiger partial charge in [-0.25, -0.2) is 0 Å². The minimum Gasteiger partial charge on any atom is -0.482 e. The van der Waals surface area contributed by atoms with Gasteiger partial charge in [-0.15, -0.1) is 0 Å². The van der Waals surface area contributed by atoms with Crippen LogP contribution in [0.3, 0.4) is 0 Å². The molecular formula is C13H18N2O3. The van der Waals surface area contributed by atoms with Crippen LogP contribution in [0.4, 0.5) is 5.69 Å². The van der Waals surface area contributed by atoms with E-state index in [2.05, 4.69) is 0 Å². The number of amides is 1. The van der Waals surface area contributed by atoms with Crippen LogP contribution >= 0.6 is 0 Å². The third-order valence-electron chi connectivity index (χ3n) is 2.99. The van der Waals surface area contributed by atoms with E-state index in [1.807, 2.05) is 13.8 Å². The Morgan fingerprint density at radius 2 is 2.22 bits per heavy atom. The Hall–Kier alpha value is -1.59. The van der Waals surface area contributed by atoms with Crippen molar-refractivity contribution in [3.05, 3.63) is 23.8 Å². The van der Waals surface area contributed by atoms with Crippen LogP contribution in [0, 0.1) is 0 Å². The summed E-state index contributed by atoms with van der Waals surface area (Å²) in [6, 6.07) is 5.35. The van der Waals surface area contributed by atoms with Crippen LogP contribution in [0.25, 0.3) is 0 Å². The van der Waals surface area contributed by atoms with Gasteiger partial charge in [-0.3, -0.25) is 4.79 Å². The number of anilines is 1. The number of hydrogen-bond acceptors (Lipinski definition) is 4. The number of hydrogen-bond donors (Lipinski definition) is 2. The molecular weight excluding hydrogens is 232 g/mol. The fourth-order valence-electron chi connectivity index (χ4n) is 2.10. The van der Waals surface area contributed by atoms with E-state index in [0.29, 0.717) is 17.0 Å². The van der Waals surface area contributed by atoms with Gasteiger partial charge in [0.1, 0.15) is 5.75 Å². The molecule has 1 aliphatic heterocycles. The van der Waals surface area contributed by atoms with Gasteiger partial charge in [-0.05, 0) is 31.5 Å². The predicted octanol–water partition coefficient (Wildman–Crippen LogP) is 0.812. The van der Waals surface area contributed by atoms with Crippen LogP contribution in [0.1, 0.15) is 25.5 Å². The number of ether oxygens (including phenoxy) is 1. The molecule has 0 fully saturated rings. The van der Waals surface area contributed by atoms with E-state index in [0.717, 1.165) is 0 Å². The van der Waals surface area contributed by atoms with Gasteiger partial charge in [0, 0.05) is 12.6 Å². The summed E-state index contributed by atoms with van der Waals surface area (Å²) < 4.78 is 5.38. The van der Waals surface area contributed by atoms with E-state index in [4.69, 9.17) is 10.5 Å². The van der Waals surface area contributed by atoms with Crippen molar-refractivity contribution in [2.24, 2.45) is 5.73 Å². The molecule has 0 saturated heterocycles. The molecule has 5 nitrogen and oxygen atoms in total. The van der Waals surface area contributed by atoms with Crippen molar-refractivity contribution in [1.29, 1.82) is 0 Å². The number of nitrogens with zero attached hydrogens (tertiary/aromatic N) is 1. The molecule has 0 aliphatic carbocycles. The van der Waals surface area contributed by atoms with Gasteiger partial charge >= 0.3 is 0 Å². The molecule has 98 valence electrons. The van der Waals surface area contributed by atoms with Crippen LogP contribution in [0.15, 0.2) is 18.2 Å². The summed E-state index contributed by atoms with van der Waals surface area (Å²) >= 11 is 0. The van der Waals surface area contributed by atoms with Crippen molar-refractivity contribution in [2.75, 3.05) is 18.1 Å². The molecule has 0 radical (unpaired) electrons. The second-order valence-corrected chi connectivity index (χ2v) is 4.62. The second-order valence-electron chi connectivity index (χ2n) is 4.62. The van der Waals surface area contributed by atoms with Crippen molar-refractivity contribution in [2.45, 2.75) is 26.0 Å². The average molecular weight is 250 g/mol. The monoisotopic (exact) mass is 250 g/mol. The summed E-state index contributed by atoms with van der Waals surface area (Å²) in [6.07, 6.45) is -0.721. The first-order chi connectivity index (χ1) is 8.54. The first-order valence-electron chi connectivity index (χ1n) is 6.01.